The van der Waals surface area contributed by atoms with Gasteiger partial charge in [-0.15, -0.1) is 0 Å². The minimum absolute atomic E-state index is 0.0527. The van der Waals surface area contributed by atoms with E-state index in [2.05, 4.69) is 4.98 Å². The summed E-state index contributed by atoms with van der Waals surface area (Å²) >= 11 is 11.7. The van der Waals surface area contributed by atoms with E-state index in [0.29, 0.717) is 6.54 Å². The predicted molar refractivity (Wildman–Crippen MR) is 71.1 cm³/mol. The average Bonchev–Trinajstić information content (AvgIpc) is 2.84. The first-order valence-corrected chi connectivity index (χ1v) is 6.14. The monoisotopic (exact) mass is 300 g/mol. The summed E-state index contributed by atoms with van der Waals surface area (Å²) in [6.45, 7) is 0.815. The van der Waals surface area contributed by atoms with Gasteiger partial charge in [-0.2, -0.15) is 0 Å². The topological polar surface area (TPSA) is 64.3 Å². The molecule has 0 bridgehead atoms. The lowest BCUT2D eigenvalue weighted by molar-refractivity contribution is 0.0692. The van der Waals surface area contributed by atoms with Crippen LogP contribution in [0.5, 0.6) is 5.75 Å². The molecule has 2 rings (SSSR count). The van der Waals surface area contributed by atoms with Gasteiger partial charge in [-0.1, -0.05) is 23.2 Å². The van der Waals surface area contributed by atoms with Crippen LogP contribution >= 0.6 is 23.2 Å². The molecule has 5 nitrogen and oxygen atoms in total. The molecule has 0 saturated heterocycles. The zero-order valence-electron chi connectivity index (χ0n) is 9.72. The maximum Gasteiger partial charge on any atom is 0.339 e. The third-order valence-electron chi connectivity index (χ3n) is 2.39. The summed E-state index contributed by atoms with van der Waals surface area (Å²) in [4.78, 5) is 15.0. The molecule has 0 amide bonds. The van der Waals surface area contributed by atoms with Crippen LogP contribution in [0.3, 0.4) is 0 Å². The van der Waals surface area contributed by atoms with Crippen molar-refractivity contribution in [1.29, 1.82) is 0 Å². The SMILES string of the molecule is O=C(O)c1cc(Cl)cc(Cl)c1OCCn1ccnc1. The van der Waals surface area contributed by atoms with Crippen molar-refractivity contribution in [2.45, 2.75) is 6.54 Å². The van der Waals surface area contributed by atoms with Crippen LogP contribution < -0.4 is 4.74 Å². The summed E-state index contributed by atoms with van der Waals surface area (Å²) in [6, 6.07) is 2.75. The van der Waals surface area contributed by atoms with E-state index in [1.165, 1.54) is 12.1 Å². The Hall–Kier alpha value is -1.72. The number of benzene rings is 1. The molecule has 0 spiro atoms. The molecule has 19 heavy (non-hydrogen) atoms. The summed E-state index contributed by atoms with van der Waals surface area (Å²) in [5, 5.41) is 9.52. The van der Waals surface area contributed by atoms with Gasteiger partial charge in [0, 0.05) is 17.4 Å². The molecule has 0 aliphatic carbocycles. The van der Waals surface area contributed by atoms with Crippen molar-refractivity contribution in [3.63, 3.8) is 0 Å². The van der Waals surface area contributed by atoms with E-state index in [0.717, 1.165) is 0 Å². The fraction of sp³-hybridized carbons (Fsp3) is 0.167. The van der Waals surface area contributed by atoms with Crippen LogP contribution in [0.2, 0.25) is 10.0 Å². The molecular weight excluding hydrogens is 291 g/mol. The van der Waals surface area contributed by atoms with Crippen LogP contribution in [0.15, 0.2) is 30.9 Å². The van der Waals surface area contributed by atoms with Crippen LogP contribution in [0.4, 0.5) is 0 Å². The molecule has 0 fully saturated rings. The molecule has 7 heteroatoms. The van der Waals surface area contributed by atoms with Gasteiger partial charge in [0.15, 0.2) is 5.75 Å². The van der Waals surface area contributed by atoms with E-state index in [4.69, 9.17) is 33.0 Å². The second kappa shape index (κ2) is 5.95. The first-order valence-electron chi connectivity index (χ1n) is 5.39. The Kier molecular flexibility index (Phi) is 4.29. The molecule has 0 aliphatic rings. The number of carbonyl (C=O) groups is 1. The highest BCUT2D eigenvalue weighted by atomic mass is 35.5. The maximum absolute atomic E-state index is 11.1. The van der Waals surface area contributed by atoms with Crippen LogP contribution in [0.1, 0.15) is 10.4 Å². The number of carboxylic acid groups (broad SMARTS) is 1. The van der Waals surface area contributed by atoms with Crippen molar-refractivity contribution in [2.75, 3.05) is 6.61 Å². The van der Waals surface area contributed by atoms with Crippen molar-refractivity contribution >= 4 is 29.2 Å². The second-order valence-electron chi connectivity index (χ2n) is 3.72. The van der Waals surface area contributed by atoms with Crippen LogP contribution in [0, 0.1) is 0 Å². The minimum atomic E-state index is -1.14. The lowest BCUT2D eigenvalue weighted by Gasteiger charge is -2.11. The highest BCUT2D eigenvalue weighted by molar-refractivity contribution is 6.36. The number of hydrogen-bond donors (Lipinski definition) is 1. The number of halogens is 2. The molecule has 0 saturated carbocycles. The van der Waals surface area contributed by atoms with Crippen LogP contribution in [-0.2, 0) is 6.54 Å². The molecule has 1 N–H and O–H groups in total. The van der Waals surface area contributed by atoms with Gasteiger partial charge in [0.1, 0.15) is 12.2 Å². The number of rotatable bonds is 5. The van der Waals surface area contributed by atoms with E-state index in [1.54, 1.807) is 18.7 Å². The van der Waals surface area contributed by atoms with Gasteiger partial charge >= 0.3 is 5.97 Å². The lowest BCUT2D eigenvalue weighted by atomic mass is 10.2. The number of carboxylic acids is 1. The van der Waals surface area contributed by atoms with Crippen LogP contribution in [-0.4, -0.2) is 27.2 Å². The van der Waals surface area contributed by atoms with E-state index in [9.17, 15) is 4.79 Å². The number of imidazole rings is 1. The molecule has 1 heterocycles. The van der Waals surface area contributed by atoms with Crippen molar-refractivity contribution < 1.29 is 14.6 Å². The Labute approximate surface area is 119 Å². The first kappa shape index (κ1) is 13.7. The molecule has 0 unspecified atom stereocenters. The Balaban J connectivity index is 2.12. The third-order valence-corrected chi connectivity index (χ3v) is 2.89. The van der Waals surface area contributed by atoms with Crippen molar-refractivity contribution in [2.24, 2.45) is 0 Å². The zero-order valence-corrected chi connectivity index (χ0v) is 11.2. The number of aromatic carboxylic acids is 1. The van der Waals surface area contributed by atoms with Gasteiger partial charge in [-0.05, 0) is 12.1 Å². The van der Waals surface area contributed by atoms with Crippen LogP contribution in [0.25, 0.3) is 0 Å². The fourth-order valence-corrected chi connectivity index (χ4v) is 2.09. The van der Waals surface area contributed by atoms with Gasteiger partial charge < -0.3 is 14.4 Å². The number of nitrogens with zero attached hydrogens (tertiary/aromatic N) is 2. The van der Waals surface area contributed by atoms with E-state index >= 15 is 0 Å². The summed E-state index contributed by atoms with van der Waals surface area (Å²) in [7, 11) is 0. The van der Waals surface area contributed by atoms with Gasteiger partial charge in [0.05, 0.1) is 17.9 Å². The van der Waals surface area contributed by atoms with Crippen molar-refractivity contribution in [3.8, 4) is 5.75 Å². The maximum atomic E-state index is 11.1. The molecular formula is C12H10Cl2N2O3. The number of aromatic nitrogens is 2. The Bertz CT molecular complexity index is 585. The third kappa shape index (κ3) is 3.39. The van der Waals surface area contributed by atoms with Crippen molar-refractivity contribution in [3.05, 3.63) is 46.5 Å². The zero-order chi connectivity index (χ0) is 13.8. The summed E-state index contributed by atoms with van der Waals surface area (Å²) < 4.78 is 7.25. The molecule has 1 aromatic carbocycles. The number of ether oxygens (including phenoxy) is 1. The minimum Gasteiger partial charge on any atom is -0.489 e. The largest absolute Gasteiger partial charge is 0.489 e. The van der Waals surface area contributed by atoms with Gasteiger partial charge in [-0.3, -0.25) is 0 Å². The smallest absolute Gasteiger partial charge is 0.339 e. The van der Waals surface area contributed by atoms with E-state index in [1.807, 2.05) is 4.57 Å². The Morgan fingerprint density at radius 1 is 1.42 bits per heavy atom. The molecule has 0 aliphatic heterocycles. The molecule has 2 aromatic rings. The number of hydrogen-bond acceptors (Lipinski definition) is 3. The fourth-order valence-electron chi connectivity index (χ4n) is 1.54. The van der Waals surface area contributed by atoms with Crippen molar-refractivity contribution in [1.82, 2.24) is 9.55 Å². The van der Waals surface area contributed by atoms with Gasteiger partial charge in [-0.25, -0.2) is 9.78 Å². The Morgan fingerprint density at radius 2 is 2.21 bits per heavy atom. The predicted octanol–water partition coefficient (Wildman–Crippen LogP) is 2.97. The highest BCUT2D eigenvalue weighted by Crippen LogP contribution is 2.32. The molecule has 0 atom stereocenters. The second-order valence-corrected chi connectivity index (χ2v) is 4.56. The quantitative estimate of drug-likeness (QED) is 0.922. The summed E-state index contributed by atoms with van der Waals surface area (Å²) in [5.41, 5.74) is -0.0527. The molecule has 0 radical (unpaired) electrons. The Morgan fingerprint density at radius 3 is 2.84 bits per heavy atom. The van der Waals surface area contributed by atoms with Gasteiger partial charge in [0.25, 0.3) is 0 Å². The average molecular weight is 301 g/mol. The summed E-state index contributed by atoms with van der Waals surface area (Å²) in [5.74, 6) is -1.01. The highest BCUT2D eigenvalue weighted by Gasteiger charge is 2.16. The molecule has 100 valence electrons. The van der Waals surface area contributed by atoms with E-state index < -0.39 is 5.97 Å². The first-order chi connectivity index (χ1) is 9.08. The normalized spacial score (nSPS) is 10.4. The van der Waals surface area contributed by atoms with E-state index in [-0.39, 0.29) is 28.0 Å². The summed E-state index contributed by atoms with van der Waals surface area (Å²) in [6.07, 6.45) is 5.08. The van der Waals surface area contributed by atoms with Gasteiger partial charge in [0.2, 0.25) is 0 Å². The lowest BCUT2D eigenvalue weighted by Crippen LogP contribution is -2.10. The molecule has 1 aromatic heterocycles. The standard InChI is InChI=1S/C12H10Cl2N2O3/c13-8-5-9(12(17)18)11(10(14)6-8)19-4-3-16-2-1-15-7-16/h1-2,5-7H,3-4H2,(H,17,18).